The number of benzene rings is 1. The van der Waals surface area contributed by atoms with Gasteiger partial charge in [-0.1, -0.05) is 12.1 Å². The number of carbonyl (C=O) groups is 1. The van der Waals surface area contributed by atoms with Crippen LogP contribution in [0.25, 0.3) is 0 Å². The average molecular weight is 245 g/mol. The van der Waals surface area contributed by atoms with Gasteiger partial charge < -0.3 is 11.1 Å². The van der Waals surface area contributed by atoms with Crippen molar-refractivity contribution in [2.45, 2.75) is 6.42 Å². The van der Waals surface area contributed by atoms with E-state index in [1.165, 1.54) is 12.3 Å². The van der Waals surface area contributed by atoms with Crippen LogP contribution in [0.5, 0.6) is 0 Å². The van der Waals surface area contributed by atoms with Gasteiger partial charge in [0, 0.05) is 11.9 Å². The summed E-state index contributed by atoms with van der Waals surface area (Å²) in [5.74, 6) is -0.840. The third kappa shape index (κ3) is 3.04. The van der Waals surface area contributed by atoms with Gasteiger partial charge in [0.1, 0.15) is 0 Å². The molecule has 0 fully saturated rings. The molecule has 0 bridgehead atoms. The first-order valence-corrected chi connectivity index (χ1v) is 5.39. The van der Waals surface area contributed by atoms with Gasteiger partial charge in [-0.3, -0.25) is 9.78 Å². The molecule has 0 aliphatic carbocycles. The van der Waals surface area contributed by atoms with Crippen molar-refractivity contribution in [3.8, 4) is 0 Å². The Morgan fingerprint density at radius 2 is 2.00 bits per heavy atom. The number of nitrogens with one attached hydrogen (secondary N) is 1. The molecule has 5 heteroatoms. The fraction of sp³-hybridized carbons (Fsp3) is 0.0769. The van der Waals surface area contributed by atoms with Crippen LogP contribution in [0.15, 0.2) is 42.7 Å². The summed E-state index contributed by atoms with van der Waals surface area (Å²) in [7, 11) is 0. The second-order valence-corrected chi connectivity index (χ2v) is 3.82. The van der Waals surface area contributed by atoms with Gasteiger partial charge in [0.2, 0.25) is 5.91 Å². The number of amides is 1. The van der Waals surface area contributed by atoms with E-state index in [2.05, 4.69) is 10.3 Å². The topological polar surface area (TPSA) is 68.0 Å². The molecule has 18 heavy (non-hydrogen) atoms. The molecule has 0 spiro atoms. The van der Waals surface area contributed by atoms with E-state index in [9.17, 15) is 9.18 Å². The smallest absolute Gasteiger partial charge is 0.228 e. The van der Waals surface area contributed by atoms with Gasteiger partial charge >= 0.3 is 0 Å². The van der Waals surface area contributed by atoms with E-state index in [0.717, 1.165) is 11.8 Å². The molecule has 1 amide bonds. The molecular formula is C13H12FN3O. The maximum atomic E-state index is 13.2. The van der Waals surface area contributed by atoms with Crippen molar-refractivity contribution in [1.29, 1.82) is 0 Å². The Morgan fingerprint density at radius 1 is 1.28 bits per heavy atom. The first kappa shape index (κ1) is 12.0. The van der Waals surface area contributed by atoms with Gasteiger partial charge in [0.05, 0.1) is 18.3 Å². The lowest BCUT2D eigenvalue weighted by atomic mass is 10.1. The minimum absolute atomic E-state index is 0.130. The van der Waals surface area contributed by atoms with Gasteiger partial charge in [-0.25, -0.2) is 4.39 Å². The first-order valence-electron chi connectivity index (χ1n) is 5.39. The normalized spacial score (nSPS) is 10.1. The number of nitrogen functional groups attached to an aromatic ring is 1. The van der Waals surface area contributed by atoms with Crippen molar-refractivity contribution in [2.24, 2.45) is 0 Å². The third-order valence-electron chi connectivity index (χ3n) is 2.39. The maximum Gasteiger partial charge on any atom is 0.228 e. The minimum Gasteiger partial charge on any atom is -0.399 e. The van der Waals surface area contributed by atoms with Crippen molar-refractivity contribution in [1.82, 2.24) is 4.98 Å². The Hall–Kier alpha value is -2.43. The van der Waals surface area contributed by atoms with E-state index in [4.69, 9.17) is 5.73 Å². The number of anilines is 2. The molecule has 1 aromatic heterocycles. The Morgan fingerprint density at radius 3 is 2.67 bits per heavy atom. The van der Waals surface area contributed by atoms with Crippen LogP contribution in [-0.2, 0) is 11.2 Å². The molecule has 4 nitrogen and oxygen atoms in total. The molecule has 0 radical (unpaired) electrons. The van der Waals surface area contributed by atoms with Crippen LogP contribution in [0.4, 0.5) is 15.8 Å². The molecule has 2 aromatic rings. The predicted octanol–water partition coefficient (Wildman–Crippen LogP) is 1.98. The number of rotatable bonds is 3. The molecule has 2 rings (SSSR count). The molecule has 3 N–H and O–H groups in total. The lowest BCUT2D eigenvalue weighted by Gasteiger charge is -2.06. The van der Waals surface area contributed by atoms with E-state index >= 15 is 0 Å². The summed E-state index contributed by atoms with van der Waals surface area (Å²) in [6, 6.07) is 8.37. The Balaban J connectivity index is 2.01. The zero-order valence-corrected chi connectivity index (χ0v) is 9.56. The number of nitrogens with two attached hydrogens (primary N) is 1. The van der Waals surface area contributed by atoms with Crippen LogP contribution < -0.4 is 11.1 Å². The highest BCUT2D eigenvalue weighted by Crippen LogP contribution is 2.12. The number of nitrogens with zero attached hydrogens (tertiary/aromatic N) is 1. The zero-order chi connectivity index (χ0) is 13.0. The molecule has 1 heterocycles. The van der Waals surface area contributed by atoms with Crippen LogP contribution in [0.2, 0.25) is 0 Å². The molecule has 0 saturated heterocycles. The summed E-state index contributed by atoms with van der Waals surface area (Å²) in [6.07, 6.45) is 2.64. The van der Waals surface area contributed by atoms with Crippen LogP contribution in [0, 0.1) is 5.82 Å². The third-order valence-corrected chi connectivity index (χ3v) is 2.39. The summed E-state index contributed by atoms with van der Waals surface area (Å²) in [4.78, 5) is 15.3. The Labute approximate surface area is 104 Å². The van der Waals surface area contributed by atoms with Gasteiger partial charge in [0.25, 0.3) is 0 Å². The SMILES string of the molecule is Nc1ccc(CC(=O)Nc2ccncc2F)cc1. The molecule has 0 aliphatic rings. The van der Waals surface area contributed by atoms with Crippen molar-refractivity contribution in [3.63, 3.8) is 0 Å². The summed E-state index contributed by atoms with van der Waals surface area (Å²) >= 11 is 0. The van der Waals surface area contributed by atoms with Crippen LogP contribution in [0.3, 0.4) is 0 Å². The quantitative estimate of drug-likeness (QED) is 0.812. The molecule has 1 aromatic carbocycles. The Kier molecular flexibility index (Phi) is 3.52. The second kappa shape index (κ2) is 5.27. The summed E-state index contributed by atoms with van der Waals surface area (Å²) < 4.78 is 13.2. The number of aromatic nitrogens is 1. The van der Waals surface area contributed by atoms with Crippen LogP contribution in [0.1, 0.15) is 5.56 Å². The van der Waals surface area contributed by atoms with E-state index in [-0.39, 0.29) is 18.0 Å². The number of pyridine rings is 1. The molecular weight excluding hydrogens is 233 g/mol. The highest BCUT2D eigenvalue weighted by molar-refractivity contribution is 5.92. The maximum absolute atomic E-state index is 13.2. The highest BCUT2D eigenvalue weighted by atomic mass is 19.1. The largest absolute Gasteiger partial charge is 0.399 e. The molecule has 0 saturated carbocycles. The number of halogens is 1. The Bertz CT molecular complexity index is 554. The second-order valence-electron chi connectivity index (χ2n) is 3.82. The summed E-state index contributed by atoms with van der Waals surface area (Å²) in [5.41, 5.74) is 7.13. The van der Waals surface area contributed by atoms with Crippen LogP contribution in [-0.4, -0.2) is 10.9 Å². The fourth-order valence-corrected chi connectivity index (χ4v) is 1.49. The highest BCUT2D eigenvalue weighted by Gasteiger charge is 2.07. The van der Waals surface area contributed by atoms with Gasteiger partial charge in [0.15, 0.2) is 5.82 Å². The van der Waals surface area contributed by atoms with Crippen molar-refractivity contribution in [3.05, 3.63) is 54.1 Å². The van der Waals surface area contributed by atoms with E-state index in [1.54, 1.807) is 24.3 Å². The van der Waals surface area contributed by atoms with Gasteiger partial charge in [-0.15, -0.1) is 0 Å². The fourth-order valence-electron chi connectivity index (χ4n) is 1.49. The summed E-state index contributed by atoms with van der Waals surface area (Å²) in [6.45, 7) is 0. The first-order chi connectivity index (χ1) is 8.65. The molecule has 0 aliphatic heterocycles. The van der Waals surface area contributed by atoms with E-state index < -0.39 is 5.82 Å². The average Bonchev–Trinajstić information content (AvgIpc) is 2.35. The van der Waals surface area contributed by atoms with Gasteiger partial charge in [-0.05, 0) is 23.8 Å². The predicted molar refractivity (Wildman–Crippen MR) is 67.4 cm³/mol. The van der Waals surface area contributed by atoms with Crippen molar-refractivity contribution >= 4 is 17.3 Å². The lowest BCUT2D eigenvalue weighted by Crippen LogP contribution is -2.15. The monoisotopic (exact) mass is 245 g/mol. The minimum atomic E-state index is -0.553. The van der Waals surface area contributed by atoms with Gasteiger partial charge in [-0.2, -0.15) is 0 Å². The van der Waals surface area contributed by atoms with E-state index in [0.29, 0.717) is 5.69 Å². The number of hydrogen-bond acceptors (Lipinski definition) is 3. The van der Waals surface area contributed by atoms with Crippen LogP contribution >= 0.6 is 0 Å². The number of carbonyl (C=O) groups excluding carboxylic acids is 1. The molecule has 0 unspecified atom stereocenters. The van der Waals surface area contributed by atoms with E-state index in [1.807, 2.05) is 0 Å². The molecule has 0 atom stereocenters. The lowest BCUT2D eigenvalue weighted by molar-refractivity contribution is -0.115. The molecule has 92 valence electrons. The number of hydrogen-bond donors (Lipinski definition) is 2. The zero-order valence-electron chi connectivity index (χ0n) is 9.56. The summed E-state index contributed by atoms with van der Waals surface area (Å²) in [5, 5.41) is 2.49. The van der Waals surface area contributed by atoms with Crippen molar-refractivity contribution in [2.75, 3.05) is 11.1 Å². The standard InChI is InChI=1S/C13H12FN3O/c14-11-8-16-6-5-12(11)17-13(18)7-9-1-3-10(15)4-2-9/h1-6,8H,7,15H2,(H,16,17,18). The van der Waals surface area contributed by atoms with Crippen molar-refractivity contribution < 1.29 is 9.18 Å².